The van der Waals surface area contributed by atoms with E-state index in [9.17, 15) is 14.4 Å². The second-order valence-corrected chi connectivity index (χ2v) is 4.90. The monoisotopic (exact) mass is 296 g/mol. The van der Waals surface area contributed by atoms with Crippen LogP contribution < -0.4 is 11.1 Å². The number of aromatic amines is 1. The Hall–Kier alpha value is -2.28. The predicted octanol–water partition coefficient (Wildman–Crippen LogP) is 1.48. The maximum atomic E-state index is 12.0. The number of benzene rings is 1. The van der Waals surface area contributed by atoms with Crippen LogP contribution in [0.5, 0.6) is 0 Å². The van der Waals surface area contributed by atoms with Crippen LogP contribution in [0.25, 0.3) is 11.0 Å². The third-order valence-electron chi connectivity index (χ3n) is 3.24. The molecule has 3 rings (SSSR count). The molecule has 1 atom stereocenters. The van der Waals surface area contributed by atoms with Gasteiger partial charge in [-0.1, -0.05) is 11.6 Å². The second kappa shape index (κ2) is 4.38. The topological polar surface area (TPSA) is 101 Å². The number of hydrogen-bond donors (Lipinski definition) is 2. The van der Waals surface area contributed by atoms with Crippen molar-refractivity contribution in [3.63, 3.8) is 0 Å². The van der Waals surface area contributed by atoms with Crippen molar-refractivity contribution in [2.45, 2.75) is 19.1 Å². The summed E-state index contributed by atoms with van der Waals surface area (Å²) in [6, 6.07) is 3.20. The molecule has 104 valence electrons. The molecule has 1 aromatic heterocycles. The Morgan fingerprint density at radius 2 is 2.20 bits per heavy atom. The van der Waals surface area contributed by atoms with Crippen molar-refractivity contribution in [3.8, 4) is 0 Å². The molecule has 2 aromatic rings. The lowest BCUT2D eigenvalue weighted by Crippen LogP contribution is -2.41. The minimum atomic E-state index is -1.49. The van der Waals surface area contributed by atoms with E-state index in [4.69, 9.17) is 21.4 Å². The molecule has 0 aliphatic carbocycles. The van der Waals surface area contributed by atoms with Crippen LogP contribution >= 0.6 is 11.6 Å². The molecule has 0 bridgehead atoms. The zero-order valence-corrected chi connectivity index (χ0v) is 10.8. The highest BCUT2D eigenvalue weighted by Gasteiger charge is 2.27. The average Bonchev–Trinajstić information content (AvgIpc) is 2.36. The van der Waals surface area contributed by atoms with Gasteiger partial charge >= 0.3 is 17.3 Å². The van der Waals surface area contributed by atoms with Crippen LogP contribution in [0.3, 0.4) is 0 Å². The lowest BCUT2D eigenvalue weighted by molar-refractivity contribution is 0.0119. The predicted molar refractivity (Wildman–Crippen MR) is 70.3 cm³/mol. The summed E-state index contributed by atoms with van der Waals surface area (Å²) >= 11 is 5.96. The number of nitrogens with one attached hydrogen (secondary N) is 1. The van der Waals surface area contributed by atoms with Crippen LogP contribution in [0.2, 0.25) is 5.02 Å². The van der Waals surface area contributed by atoms with Gasteiger partial charge in [-0.25, -0.2) is 4.79 Å². The lowest BCUT2D eigenvalue weighted by Gasteiger charge is -2.26. The molecule has 0 radical (unpaired) electrons. The first-order chi connectivity index (χ1) is 9.47. The normalized spacial score (nSPS) is 17.1. The minimum absolute atomic E-state index is 0.276. The summed E-state index contributed by atoms with van der Waals surface area (Å²) in [7, 11) is 0. The van der Waals surface area contributed by atoms with E-state index in [0.717, 1.165) is 10.1 Å². The van der Waals surface area contributed by atoms with Gasteiger partial charge in [0.25, 0.3) is 0 Å². The standard InChI is InChI=1S/C12H9ClN2O5/c13-6-3-5-1-2-8(20-12(18)19)15-9(5)7(4-6)14-10(16)11(15)17/h3-4,8H,1-2H2,(H,14,16)(H,18,19). The summed E-state index contributed by atoms with van der Waals surface area (Å²) in [5, 5.41) is 9.16. The molecule has 1 aliphatic rings. The van der Waals surface area contributed by atoms with E-state index < -0.39 is 23.5 Å². The molecule has 2 heterocycles. The number of halogens is 1. The van der Waals surface area contributed by atoms with Gasteiger partial charge in [0.05, 0.1) is 11.0 Å². The van der Waals surface area contributed by atoms with Crippen molar-refractivity contribution in [2.75, 3.05) is 0 Å². The Kier molecular flexibility index (Phi) is 2.79. The van der Waals surface area contributed by atoms with Crippen molar-refractivity contribution in [3.05, 3.63) is 43.4 Å². The second-order valence-electron chi connectivity index (χ2n) is 4.47. The van der Waals surface area contributed by atoms with Crippen LogP contribution in [0.4, 0.5) is 4.79 Å². The zero-order valence-electron chi connectivity index (χ0n) is 10.1. The molecule has 0 spiro atoms. The molecular formula is C12H9ClN2O5. The summed E-state index contributed by atoms with van der Waals surface area (Å²) in [4.78, 5) is 36.8. The molecule has 1 aromatic carbocycles. The van der Waals surface area contributed by atoms with Gasteiger partial charge in [-0.05, 0) is 24.1 Å². The highest BCUT2D eigenvalue weighted by atomic mass is 35.5. The largest absolute Gasteiger partial charge is 0.507 e. The van der Waals surface area contributed by atoms with Gasteiger partial charge < -0.3 is 14.8 Å². The Morgan fingerprint density at radius 1 is 1.45 bits per heavy atom. The SMILES string of the molecule is O=C(O)OC1CCc2cc(Cl)cc3[nH]c(=O)c(=O)n1c23. The van der Waals surface area contributed by atoms with Gasteiger partial charge in [0.15, 0.2) is 6.23 Å². The number of aromatic nitrogens is 2. The molecular weight excluding hydrogens is 288 g/mol. The van der Waals surface area contributed by atoms with E-state index in [0.29, 0.717) is 22.5 Å². The highest BCUT2D eigenvalue weighted by Crippen LogP contribution is 2.30. The van der Waals surface area contributed by atoms with Crippen molar-refractivity contribution in [1.82, 2.24) is 9.55 Å². The van der Waals surface area contributed by atoms with E-state index >= 15 is 0 Å². The number of ether oxygens (including phenoxy) is 1. The van der Waals surface area contributed by atoms with Gasteiger partial charge in [-0.3, -0.25) is 14.2 Å². The fourth-order valence-corrected chi connectivity index (χ4v) is 2.76. The Labute approximate surface area is 116 Å². The van der Waals surface area contributed by atoms with Gasteiger partial charge in [0.2, 0.25) is 0 Å². The molecule has 8 heteroatoms. The maximum Gasteiger partial charge on any atom is 0.507 e. The van der Waals surface area contributed by atoms with Crippen LogP contribution in [-0.2, 0) is 11.2 Å². The molecule has 1 aliphatic heterocycles. The van der Waals surface area contributed by atoms with Crippen LogP contribution in [0.1, 0.15) is 18.2 Å². The van der Waals surface area contributed by atoms with E-state index in [1.165, 1.54) is 6.07 Å². The molecule has 1 unspecified atom stereocenters. The number of carboxylic acid groups (broad SMARTS) is 1. The summed E-state index contributed by atoms with van der Waals surface area (Å²) in [5.41, 5.74) is -0.0722. The number of rotatable bonds is 1. The third-order valence-corrected chi connectivity index (χ3v) is 3.46. The summed E-state index contributed by atoms with van der Waals surface area (Å²) in [6.45, 7) is 0. The van der Waals surface area contributed by atoms with E-state index in [2.05, 4.69) is 4.98 Å². The Balaban J connectivity index is 2.39. The van der Waals surface area contributed by atoms with E-state index in [1.54, 1.807) is 6.07 Å². The Morgan fingerprint density at radius 3 is 2.90 bits per heavy atom. The van der Waals surface area contributed by atoms with Crippen molar-refractivity contribution < 1.29 is 14.6 Å². The molecule has 0 saturated heterocycles. The van der Waals surface area contributed by atoms with Crippen molar-refractivity contribution in [2.24, 2.45) is 0 Å². The van der Waals surface area contributed by atoms with Crippen LogP contribution in [0, 0.1) is 0 Å². The minimum Gasteiger partial charge on any atom is -0.450 e. The number of carbonyl (C=O) groups is 1. The number of nitrogens with zero attached hydrogens (tertiary/aromatic N) is 1. The fourth-order valence-electron chi connectivity index (χ4n) is 2.52. The van der Waals surface area contributed by atoms with Gasteiger partial charge in [0, 0.05) is 11.4 Å². The van der Waals surface area contributed by atoms with E-state index in [1.807, 2.05) is 0 Å². The first-order valence-corrected chi connectivity index (χ1v) is 6.21. The van der Waals surface area contributed by atoms with Crippen molar-refractivity contribution in [1.29, 1.82) is 0 Å². The zero-order chi connectivity index (χ0) is 14.4. The first kappa shape index (κ1) is 12.7. The molecule has 0 saturated carbocycles. The van der Waals surface area contributed by atoms with Crippen LogP contribution in [-0.4, -0.2) is 20.8 Å². The number of H-pyrrole nitrogens is 1. The van der Waals surface area contributed by atoms with Crippen molar-refractivity contribution >= 4 is 28.8 Å². The Bertz CT molecular complexity index is 838. The summed E-state index contributed by atoms with van der Waals surface area (Å²) < 4.78 is 5.78. The number of hydrogen-bond acceptors (Lipinski definition) is 4. The highest BCUT2D eigenvalue weighted by molar-refractivity contribution is 6.31. The van der Waals surface area contributed by atoms with Gasteiger partial charge in [-0.2, -0.15) is 0 Å². The smallest absolute Gasteiger partial charge is 0.450 e. The maximum absolute atomic E-state index is 12.0. The molecule has 20 heavy (non-hydrogen) atoms. The first-order valence-electron chi connectivity index (χ1n) is 5.84. The van der Waals surface area contributed by atoms with Crippen LogP contribution in [0.15, 0.2) is 21.7 Å². The van der Waals surface area contributed by atoms with Gasteiger partial charge in [-0.15, -0.1) is 0 Å². The van der Waals surface area contributed by atoms with E-state index in [-0.39, 0.29) is 6.42 Å². The molecule has 2 N–H and O–H groups in total. The van der Waals surface area contributed by atoms with Gasteiger partial charge in [0.1, 0.15) is 0 Å². The quantitative estimate of drug-likeness (QED) is 0.613. The molecule has 0 amide bonds. The summed E-state index contributed by atoms with van der Waals surface area (Å²) in [6.07, 6.45) is -1.72. The average molecular weight is 297 g/mol. The third kappa shape index (κ3) is 1.87. The molecule has 7 nitrogen and oxygen atoms in total. The lowest BCUT2D eigenvalue weighted by atomic mass is 10.0. The fraction of sp³-hybridized carbons (Fsp3) is 0.250. The molecule has 0 fully saturated rings. The number of aryl methyl sites for hydroxylation is 1. The summed E-state index contributed by atoms with van der Waals surface area (Å²) in [5.74, 6) is 0.